The fourth-order valence-electron chi connectivity index (χ4n) is 3.10. The Kier molecular flexibility index (Phi) is 3.12. The molecule has 0 aliphatic carbocycles. The Morgan fingerprint density at radius 1 is 1.52 bits per heavy atom. The topological polar surface area (TPSA) is 104 Å². The molecule has 23 heavy (non-hydrogen) atoms. The van der Waals surface area contributed by atoms with E-state index in [9.17, 15) is 9.59 Å². The van der Waals surface area contributed by atoms with Crippen molar-refractivity contribution in [3.8, 4) is 0 Å². The highest BCUT2D eigenvalue weighted by atomic mass is 32.2. The van der Waals surface area contributed by atoms with Crippen molar-refractivity contribution < 1.29 is 14.3 Å². The molecule has 3 atom stereocenters. The summed E-state index contributed by atoms with van der Waals surface area (Å²) in [4.78, 5) is 26.3. The molecule has 10 heteroatoms. The van der Waals surface area contributed by atoms with E-state index < -0.39 is 12.0 Å². The molecule has 0 aromatic heterocycles. The molecule has 0 aromatic carbocycles. The molecular formula is C13H18N6O3S. The van der Waals surface area contributed by atoms with E-state index in [-0.39, 0.29) is 23.6 Å². The van der Waals surface area contributed by atoms with Gasteiger partial charge in [-0.25, -0.2) is 9.80 Å². The predicted octanol–water partition coefficient (Wildman–Crippen LogP) is -0.855. The lowest BCUT2D eigenvalue weighted by atomic mass is 10.0. The van der Waals surface area contributed by atoms with Crippen LogP contribution in [0.25, 0.3) is 0 Å². The summed E-state index contributed by atoms with van der Waals surface area (Å²) in [6, 6.07) is -0.557. The number of β-lactam (4-membered cyclic amide) rings is 1. The molecule has 0 spiro atoms. The van der Waals surface area contributed by atoms with Gasteiger partial charge in [0.2, 0.25) is 5.91 Å². The smallest absolute Gasteiger partial charge is 0.355 e. The van der Waals surface area contributed by atoms with E-state index in [0.29, 0.717) is 11.4 Å². The van der Waals surface area contributed by atoms with Crippen LogP contribution in [0.3, 0.4) is 0 Å². The molecule has 0 radical (unpaired) electrons. The predicted molar refractivity (Wildman–Crippen MR) is 83.0 cm³/mol. The molecule has 5 heterocycles. The van der Waals surface area contributed by atoms with Crippen molar-refractivity contribution in [3.05, 3.63) is 11.3 Å². The molecule has 5 aliphatic heterocycles. The van der Waals surface area contributed by atoms with Crippen LogP contribution >= 0.6 is 11.8 Å². The van der Waals surface area contributed by atoms with Gasteiger partial charge in [-0.2, -0.15) is 5.12 Å². The third kappa shape index (κ3) is 1.91. The number of nitrogens with one attached hydrogen (secondary N) is 1. The summed E-state index contributed by atoms with van der Waals surface area (Å²) >= 11 is 1.57. The van der Waals surface area contributed by atoms with Crippen LogP contribution in [-0.2, 0) is 14.3 Å². The number of thioether (sulfide) groups is 1. The van der Waals surface area contributed by atoms with Crippen molar-refractivity contribution in [1.82, 2.24) is 20.6 Å². The molecule has 124 valence electrons. The molecule has 1 amide bonds. The standard InChI is InChI=1S/C13H18N6O3S/c1-5(2)22-13(21)9-7(10-18-6(3)15-19(10)16-18)4-23-12-8(14)11(20)17(9)12/h5,8,10,12,16H,4,14H2,1-3H3/t8?,10?,12-/m0/s1. The molecule has 2 bridgehead atoms. The Balaban J connectivity index is 1.71. The second-order valence-electron chi connectivity index (χ2n) is 6.10. The number of hydrazone groups is 1. The highest BCUT2D eigenvalue weighted by molar-refractivity contribution is 8.00. The van der Waals surface area contributed by atoms with Gasteiger partial charge in [-0.05, 0) is 20.8 Å². The molecule has 5 aliphatic rings. The zero-order valence-corrected chi connectivity index (χ0v) is 13.8. The van der Waals surface area contributed by atoms with Gasteiger partial charge in [0.15, 0.2) is 6.17 Å². The van der Waals surface area contributed by atoms with Crippen molar-refractivity contribution in [1.29, 1.82) is 0 Å². The quantitative estimate of drug-likeness (QED) is 0.506. The largest absolute Gasteiger partial charge is 0.458 e. The summed E-state index contributed by atoms with van der Waals surface area (Å²) in [5.74, 6) is 0.703. The number of carbonyl (C=O) groups excluding carboxylic acids is 2. The van der Waals surface area contributed by atoms with Gasteiger partial charge in [-0.3, -0.25) is 9.69 Å². The first-order valence-corrected chi connectivity index (χ1v) is 8.49. The number of nitrogens with zero attached hydrogens (tertiary/aromatic N) is 4. The van der Waals surface area contributed by atoms with Gasteiger partial charge in [-0.15, -0.1) is 22.4 Å². The number of rotatable bonds is 3. The van der Waals surface area contributed by atoms with Crippen LogP contribution in [0, 0.1) is 0 Å². The number of esters is 1. The van der Waals surface area contributed by atoms with Crippen LogP contribution in [-0.4, -0.2) is 62.2 Å². The van der Waals surface area contributed by atoms with Crippen molar-refractivity contribution in [3.63, 3.8) is 0 Å². The van der Waals surface area contributed by atoms with Gasteiger partial charge in [0, 0.05) is 11.3 Å². The molecule has 2 fully saturated rings. The maximum atomic E-state index is 12.6. The monoisotopic (exact) mass is 338 g/mol. The Morgan fingerprint density at radius 3 is 2.83 bits per heavy atom. The van der Waals surface area contributed by atoms with Crippen LogP contribution in [0.1, 0.15) is 20.8 Å². The third-order valence-corrected chi connectivity index (χ3v) is 5.50. The van der Waals surface area contributed by atoms with E-state index >= 15 is 0 Å². The Morgan fingerprint density at radius 2 is 2.26 bits per heavy atom. The zero-order valence-electron chi connectivity index (χ0n) is 13.0. The van der Waals surface area contributed by atoms with Crippen LogP contribution in [0.2, 0.25) is 0 Å². The van der Waals surface area contributed by atoms with Crippen LogP contribution < -0.4 is 11.3 Å². The molecule has 9 nitrogen and oxygen atoms in total. The van der Waals surface area contributed by atoms with Gasteiger partial charge in [0.1, 0.15) is 22.9 Å². The minimum atomic E-state index is -0.557. The number of ether oxygens (including phenoxy) is 1. The first kappa shape index (κ1) is 14.8. The van der Waals surface area contributed by atoms with E-state index in [0.717, 1.165) is 11.4 Å². The van der Waals surface area contributed by atoms with Gasteiger partial charge >= 0.3 is 5.97 Å². The first-order chi connectivity index (χ1) is 10.9. The average Bonchev–Trinajstić information content (AvgIpc) is 3.01. The van der Waals surface area contributed by atoms with Crippen molar-refractivity contribution in [2.75, 3.05) is 5.75 Å². The summed E-state index contributed by atoms with van der Waals surface area (Å²) in [6.07, 6.45) is -0.452. The maximum Gasteiger partial charge on any atom is 0.355 e. The van der Waals surface area contributed by atoms with Gasteiger partial charge in [0.25, 0.3) is 0 Å². The zero-order chi connectivity index (χ0) is 16.5. The van der Waals surface area contributed by atoms with Crippen LogP contribution in [0.5, 0.6) is 0 Å². The number of hydrogen-bond donors (Lipinski definition) is 2. The Hall–Kier alpha value is -1.78. The summed E-state index contributed by atoms with van der Waals surface area (Å²) < 4.78 is 5.36. The summed E-state index contributed by atoms with van der Waals surface area (Å²) in [5.41, 5.74) is 10.0. The summed E-state index contributed by atoms with van der Waals surface area (Å²) in [7, 11) is 0. The molecule has 2 unspecified atom stereocenters. The number of hydrazine groups is 2. The van der Waals surface area contributed by atoms with Crippen molar-refractivity contribution in [2.24, 2.45) is 10.8 Å². The Labute approximate surface area is 137 Å². The third-order valence-electron chi connectivity index (χ3n) is 4.17. The van der Waals surface area contributed by atoms with E-state index in [1.807, 2.05) is 11.9 Å². The maximum absolute atomic E-state index is 12.6. The average molecular weight is 338 g/mol. The van der Waals surface area contributed by atoms with Crippen molar-refractivity contribution >= 4 is 29.5 Å². The lowest BCUT2D eigenvalue weighted by Crippen LogP contribution is -2.72. The molecule has 2 saturated heterocycles. The van der Waals surface area contributed by atoms with Crippen LogP contribution in [0.4, 0.5) is 0 Å². The van der Waals surface area contributed by atoms with Crippen molar-refractivity contribution in [2.45, 2.75) is 44.5 Å². The van der Waals surface area contributed by atoms with E-state index in [1.165, 1.54) is 4.90 Å². The second-order valence-corrected chi connectivity index (χ2v) is 7.20. The second kappa shape index (κ2) is 4.86. The number of amides is 1. The minimum Gasteiger partial charge on any atom is -0.458 e. The van der Waals surface area contributed by atoms with Crippen LogP contribution in [0.15, 0.2) is 16.4 Å². The normalized spacial score (nSPS) is 31.9. The summed E-state index contributed by atoms with van der Waals surface area (Å²) in [6.45, 7) is 5.45. The van der Waals surface area contributed by atoms with Gasteiger partial charge in [0.05, 0.1) is 6.10 Å². The number of nitrogens with two attached hydrogens (primary N) is 1. The molecule has 3 N–H and O–H groups in total. The van der Waals surface area contributed by atoms with E-state index in [4.69, 9.17) is 10.5 Å². The fourth-order valence-corrected chi connectivity index (χ4v) is 4.42. The van der Waals surface area contributed by atoms with E-state index in [2.05, 4.69) is 10.6 Å². The molecule has 0 aromatic rings. The molecular weight excluding hydrogens is 320 g/mol. The lowest BCUT2D eigenvalue weighted by molar-refractivity contribution is -0.154. The Bertz CT molecular complexity index is 662. The lowest BCUT2D eigenvalue weighted by Gasteiger charge is -2.51. The van der Waals surface area contributed by atoms with E-state index in [1.54, 1.807) is 30.7 Å². The molecule has 5 rings (SSSR count). The number of hydrogen-bond acceptors (Lipinski definition) is 9. The SMILES string of the molecule is CC1=NN2NN1C2C1=C(C(=O)OC(C)C)N2C(=O)C(N)[C@@H]2SC1. The number of carbonyl (C=O) groups is 2. The first-order valence-electron chi connectivity index (χ1n) is 7.44. The highest BCUT2D eigenvalue weighted by Crippen LogP contribution is 2.43. The number of amidine groups is 1. The minimum absolute atomic E-state index is 0.192. The van der Waals surface area contributed by atoms with Gasteiger partial charge < -0.3 is 10.5 Å². The summed E-state index contributed by atoms with van der Waals surface area (Å²) in [5, 5.41) is 7.66. The highest BCUT2D eigenvalue weighted by Gasteiger charge is 2.56. The fraction of sp³-hybridized carbons (Fsp3) is 0.615. The van der Waals surface area contributed by atoms with Gasteiger partial charge in [-0.1, -0.05) is 0 Å². The number of fused-ring (bicyclic) bond motifs is 1. The molecule has 0 saturated carbocycles.